The Morgan fingerprint density at radius 1 is 1.11 bits per heavy atom. The Labute approximate surface area is 112 Å². The van der Waals surface area contributed by atoms with E-state index in [1.165, 1.54) is 12.8 Å². The molecule has 1 aliphatic carbocycles. The van der Waals surface area contributed by atoms with Crippen LogP contribution in [0.2, 0.25) is 0 Å². The molecule has 1 fully saturated rings. The maximum atomic E-state index is 12.4. The van der Waals surface area contributed by atoms with Crippen molar-refractivity contribution in [3.8, 4) is 0 Å². The van der Waals surface area contributed by atoms with E-state index in [4.69, 9.17) is 5.73 Å². The maximum Gasteiger partial charge on any atom is 0.214 e. The van der Waals surface area contributed by atoms with Gasteiger partial charge >= 0.3 is 0 Å². The molecule has 0 aromatic carbocycles. The third-order valence-electron chi connectivity index (χ3n) is 4.03. The highest BCUT2D eigenvalue weighted by Gasteiger charge is 2.41. The first-order chi connectivity index (χ1) is 8.52. The van der Waals surface area contributed by atoms with Crippen LogP contribution in [0.3, 0.4) is 0 Å². The van der Waals surface area contributed by atoms with Crippen LogP contribution >= 0.6 is 0 Å². The standard InChI is InChI=1S/C13H28N2O2S/c1-3-11-18(16,17)15(4-2)13(12-14)9-7-5-6-8-10-13/h3-12,14H2,1-2H3. The summed E-state index contributed by atoms with van der Waals surface area (Å²) in [6, 6.07) is 0. The summed E-state index contributed by atoms with van der Waals surface area (Å²) in [4.78, 5) is 0. The zero-order valence-corrected chi connectivity index (χ0v) is 12.6. The smallest absolute Gasteiger partial charge is 0.214 e. The number of hydrogen-bond acceptors (Lipinski definition) is 3. The average molecular weight is 276 g/mol. The maximum absolute atomic E-state index is 12.4. The Balaban J connectivity index is 3.01. The first kappa shape index (κ1) is 15.9. The number of likely N-dealkylation sites (N-methyl/N-ethyl adjacent to an activating group) is 1. The number of hydrogen-bond donors (Lipinski definition) is 1. The molecule has 1 aliphatic rings. The monoisotopic (exact) mass is 276 g/mol. The van der Waals surface area contributed by atoms with E-state index in [2.05, 4.69) is 0 Å². The lowest BCUT2D eigenvalue weighted by Gasteiger charge is -2.41. The molecule has 4 nitrogen and oxygen atoms in total. The van der Waals surface area contributed by atoms with Gasteiger partial charge < -0.3 is 5.73 Å². The molecule has 0 amide bonds. The van der Waals surface area contributed by atoms with E-state index in [1.54, 1.807) is 4.31 Å². The normalized spacial score (nSPS) is 20.9. The molecule has 1 rings (SSSR count). The summed E-state index contributed by atoms with van der Waals surface area (Å²) < 4.78 is 26.5. The summed E-state index contributed by atoms with van der Waals surface area (Å²) >= 11 is 0. The van der Waals surface area contributed by atoms with E-state index >= 15 is 0 Å². The Morgan fingerprint density at radius 2 is 1.67 bits per heavy atom. The highest BCUT2D eigenvalue weighted by molar-refractivity contribution is 7.89. The molecule has 0 saturated heterocycles. The van der Waals surface area contributed by atoms with Gasteiger partial charge in [-0.05, 0) is 19.3 Å². The molecule has 5 heteroatoms. The Hall–Kier alpha value is -0.130. The lowest BCUT2D eigenvalue weighted by molar-refractivity contribution is 0.174. The zero-order valence-electron chi connectivity index (χ0n) is 11.8. The molecule has 2 N–H and O–H groups in total. The number of rotatable bonds is 6. The summed E-state index contributed by atoms with van der Waals surface area (Å²) in [5.41, 5.74) is 5.65. The quantitative estimate of drug-likeness (QED) is 0.756. The van der Waals surface area contributed by atoms with Crippen LogP contribution in [0.5, 0.6) is 0 Å². The fourth-order valence-corrected chi connectivity index (χ4v) is 5.11. The van der Waals surface area contributed by atoms with Crippen LogP contribution in [-0.4, -0.2) is 37.1 Å². The molecule has 0 aromatic heterocycles. The van der Waals surface area contributed by atoms with Gasteiger partial charge in [-0.1, -0.05) is 39.5 Å². The highest BCUT2D eigenvalue weighted by Crippen LogP contribution is 2.33. The largest absolute Gasteiger partial charge is 0.329 e. The van der Waals surface area contributed by atoms with E-state index in [9.17, 15) is 8.42 Å². The molecule has 18 heavy (non-hydrogen) atoms. The Morgan fingerprint density at radius 3 is 2.06 bits per heavy atom. The molecule has 0 unspecified atom stereocenters. The average Bonchev–Trinajstić information content (AvgIpc) is 2.56. The fraction of sp³-hybridized carbons (Fsp3) is 1.00. The van der Waals surface area contributed by atoms with Gasteiger partial charge in [-0.25, -0.2) is 8.42 Å². The van der Waals surface area contributed by atoms with Crippen LogP contribution in [0.25, 0.3) is 0 Å². The van der Waals surface area contributed by atoms with Crippen molar-refractivity contribution in [2.75, 3.05) is 18.8 Å². The third-order valence-corrected chi connectivity index (χ3v) is 6.27. The minimum atomic E-state index is -3.16. The van der Waals surface area contributed by atoms with Gasteiger partial charge in [0.15, 0.2) is 0 Å². The van der Waals surface area contributed by atoms with E-state index in [0.29, 0.717) is 19.5 Å². The molecule has 0 aromatic rings. The molecule has 0 bridgehead atoms. The molecule has 0 radical (unpaired) electrons. The van der Waals surface area contributed by atoms with Gasteiger partial charge in [-0.15, -0.1) is 0 Å². The van der Waals surface area contributed by atoms with Crippen LogP contribution in [0, 0.1) is 0 Å². The lowest BCUT2D eigenvalue weighted by atomic mass is 9.90. The van der Waals surface area contributed by atoms with Gasteiger partial charge in [0.2, 0.25) is 10.0 Å². The van der Waals surface area contributed by atoms with Crippen molar-refractivity contribution in [2.45, 2.75) is 64.3 Å². The number of sulfonamides is 1. The van der Waals surface area contributed by atoms with Gasteiger partial charge in [-0.3, -0.25) is 0 Å². The second-order valence-electron chi connectivity index (χ2n) is 5.32. The Bertz CT molecular complexity index is 333. The van der Waals surface area contributed by atoms with Crippen LogP contribution in [0.15, 0.2) is 0 Å². The zero-order chi connectivity index (χ0) is 13.6. The second-order valence-corrected chi connectivity index (χ2v) is 7.34. The SMILES string of the molecule is CCCS(=O)(=O)N(CC)C1(CN)CCCCCC1. The third kappa shape index (κ3) is 3.45. The fourth-order valence-electron chi connectivity index (χ4n) is 3.14. The van der Waals surface area contributed by atoms with Crippen molar-refractivity contribution in [1.82, 2.24) is 4.31 Å². The van der Waals surface area contributed by atoms with Crippen LogP contribution in [0.4, 0.5) is 0 Å². The number of nitrogens with two attached hydrogens (primary N) is 1. The molecule has 1 saturated carbocycles. The minimum absolute atomic E-state index is 0.239. The first-order valence-electron chi connectivity index (χ1n) is 7.23. The molecule has 108 valence electrons. The molecule has 0 spiro atoms. The summed E-state index contributed by atoms with van der Waals surface area (Å²) in [6.45, 7) is 4.83. The van der Waals surface area contributed by atoms with Gasteiger partial charge in [0.1, 0.15) is 0 Å². The predicted octanol–water partition coefficient (Wildman–Crippen LogP) is 2.10. The molecule has 0 aliphatic heterocycles. The van der Waals surface area contributed by atoms with Crippen molar-refractivity contribution in [1.29, 1.82) is 0 Å². The van der Waals surface area contributed by atoms with Crippen LogP contribution in [-0.2, 0) is 10.0 Å². The topological polar surface area (TPSA) is 63.4 Å². The van der Waals surface area contributed by atoms with Crippen molar-refractivity contribution >= 4 is 10.0 Å². The van der Waals surface area contributed by atoms with Gasteiger partial charge in [0.25, 0.3) is 0 Å². The minimum Gasteiger partial charge on any atom is -0.329 e. The van der Waals surface area contributed by atoms with Crippen molar-refractivity contribution < 1.29 is 8.42 Å². The summed E-state index contributed by atoms with van der Waals surface area (Å²) in [5.74, 6) is 0.239. The number of nitrogens with zero attached hydrogens (tertiary/aromatic N) is 1. The van der Waals surface area contributed by atoms with Crippen molar-refractivity contribution in [3.63, 3.8) is 0 Å². The van der Waals surface area contributed by atoms with Crippen molar-refractivity contribution in [2.24, 2.45) is 5.73 Å². The second kappa shape index (κ2) is 6.87. The highest BCUT2D eigenvalue weighted by atomic mass is 32.2. The summed E-state index contributed by atoms with van der Waals surface area (Å²) in [7, 11) is -3.16. The summed E-state index contributed by atoms with van der Waals surface area (Å²) in [5, 5.41) is 0. The van der Waals surface area contributed by atoms with E-state index in [1.807, 2.05) is 13.8 Å². The van der Waals surface area contributed by atoms with E-state index < -0.39 is 10.0 Å². The van der Waals surface area contributed by atoms with Gasteiger partial charge in [-0.2, -0.15) is 4.31 Å². The molecule has 0 heterocycles. The van der Waals surface area contributed by atoms with E-state index in [0.717, 1.165) is 25.7 Å². The van der Waals surface area contributed by atoms with Crippen molar-refractivity contribution in [3.05, 3.63) is 0 Å². The molecule has 0 atom stereocenters. The molecular formula is C13H28N2O2S. The molecular weight excluding hydrogens is 248 g/mol. The van der Waals surface area contributed by atoms with Gasteiger partial charge in [0, 0.05) is 18.6 Å². The first-order valence-corrected chi connectivity index (χ1v) is 8.84. The summed E-state index contributed by atoms with van der Waals surface area (Å²) in [6.07, 6.45) is 7.09. The predicted molar refractivity (Wildman–Crippen MR) is 75.9 cm³/mol. The Kier molecular flexibility index (Phi) is 6.08. The van der Waals surface area contributed by atoms with Gasteiger partial charge in [0.05, 0.1) is 5.75 Å². The van der Waals surface area contributed by atoms with Crippen LogP contribution in [0.1, 0.15) is 58.8 Å². The van der Waals surface area contributed by atoms with Crippen LogP contribution < -0.4 is 5.73 Å². The lowest BCUT2D eigenvalue weighted by Crippen LogP contribution is -2.56. The van der Waals surface area contributed by atoms with E-state index in [-0.39, 0.29) is 11.3 Å².